The standard InChI is InChI=1S/C20H25FN4O2/c1-13-17(20(27)24-14(2)23-13)11-19(26)22-12-18(25-9-3-4-10-25)15-5-7-16(21)8-6-15/h5-8,18H,3-4,9-12H2,1-2H3,(H,22,26)(H,23,24,27)/t18-/m0/s1. The minimum absolute atomic E-state index is 0.00688. The first-order valence-electron chi connectivity index (χ1n) is 9.26. The predicted molar refractivity (Wildman–Crippen MR) is 101 cm³/mol. The first-order chi connectivity index (χ1) is 12.9. The van der Waals surface area contributed by atoms with E-state index in [0.717, 1.165) is 31.5 Å². The molecular weight excluding hydrogens is 347 g/mol. The summed E-state index contributed by atoms with van der Waals surface area (Å²) in [5.41, 5.74) is 1.66. The molecule has 7 heteroatoms. The smallest absolute Gasteiger partial charge is 0.254 e. The van der Waals surface area contributed by atoms with Crippen molar-refractivity contribution in [2.24, 2.45) is 0 Å². The predicted octanol–water partition coefficient (Wildman–Crippen LogP) is 2.02. The minimum atomic E-state index is -0.274. The van der Waals surface area contributed by atoms with Crippen LogP contribution in [0.15, 0.2) is 29.1 Å². The minimum Gasteiger partial charge on any atom is -0.354 e. The highest BCUT2D eigenvalue weighted by atomic mass is 19.1. The molecule has 27 heavy (non-hydrogen) atoms. The summed E-state index contributed by atoms with van der Waals surface area (Å²) in [6.07, 6.45) is 2.23. The third kappa shape index (κ3) is 4.80. The molecule has 1 aliphatic heterocycles. The molecule has 0 spiro atoms. The summed E-state index contributed by atoms with van der Waals surface area (Å²) < 4.78 is 13.3. The molecule has 0 unspecified atom stereocenters. The van der Waals surface area contributed by atoms with Crippen molar-refractivity contribution in [3.05, 3.63) is 63.1 Å². The van der Waals surface area contributed by atoms with Gasteiger partial charge < -0.3 is 10.3 Å². The Labute approximate surface area is 157 Å². The second-order valence-corrected chi connectivity index (χ2v) is 7.01. The van der Waals surface area contributed by atoms with Crippen molar-refractivity contribution in [1.82, 2.24) is 20.2 Å². The van der Waals surface area contributed by atoms with Crippen LogP contribution in [0.2, 0.25) is 0 Å². The Balaban J connectivity index is 1.69. The maximum absolute atomic E-state index is 13.3. The van der Waals surface area contributed by atoms with E-state index in [9.17, 15) is 14.0 Å². The molecule has 1 aromatic heterocycles. The maximum Gasteiger partial charge on any atom is 0.254 e. The molecule has 0 aliphatic carbocycles. The van der Waals surface area contributed by atoms with Crippen LogP contribution in [-0.4, -0.2) is 40.4 Å². The van der Waals surface area contributed by atoms with Crippen molar-refractivity contribution in [2.45, 2.75) is 39.2 Å². The average Bonchev–Trinajstić information content (AvgIpc) is 3.14. The summed E-state index contributed by atoms with van der Waals surface area (Å²) in [6, 6.07) is 6.42. The molecule has 1 amide bonds. The Morgan fingerprint density at radius 3 is 2.56 bits per heavy atom. The van der Waals surface area contributed by atoms with E-state index in [0.29, 0.717) is 23.6 Å². The molecule has 0 radical (unpaired) electrons. The lowest BCUT2D eigenvalue weighted by Crippen LogP contribution is -2.38. The molecule has 1 aromatic carbocycles. The van der Waals surface area contributed by atoms with Crippen molar-refractivity contribution < 1.29 is 9.18 Å². The van der Waals surface area contributed by atoms with Crippen LogP contribution in [0, 0.1) is 19.7 Å². The lowest BCUT2D eigenvalue weighted by atomic mass is 10.0. The third-order valence-electron chi connectivity index (χ3n) is 5.01. The summed E-state index contributed by atoms with van der Waals surface area (Å²) in [7, 11) is 0. The van der Waals surface area contributed by atoms with Gasteiger partial charge in [0.1, 0.15) is 11.6 Å². The van der Waals surface area contributed by atoms with Crippen LogP contribution in [-0.2, 0) is 11.2 Å². The largest absolute Gasteiger partial charge is 0.354 e. The number of hydrogen-bond acceptors (Lipinski definition) is 4. The Morgan fingerprint density at radius 2 is 1.93 bits per heavy atom. The van der Waals surface area contributed by atoms with E-state index >= 15 is 0 Å². The van der Waals surface area contributed by atoms with Gasteiger partial charge in [0.2, 0.25) is 5.91 Å². The lowest BCUT2D eigenvalue weighted by molar-refractivity contribution is -0.120. The van der Waals surface area contributed by atoms with Gasteiger partial charge in [-0.25, -0.2) is 9.37 Å². The molecule has 1 fully saturated rings. The number of likely N-dealkylation sites (tertiary alicyclic amines) is 1. The number of aryl methyl sites for hydroxylation is 2. The fourth-order valence-electron chi connectivity index (χ4n) is 3.59. The number of halogens is 1. The fraction of sp³-hybridized carbons (Fsp3) is 0.450. The van der Waals surface area contributed by atoms with Gasteiger partial charge >= 0.3 is 0 Å². The van der Waals surface area contributed by atoms with Crippen molar-refractivity contribution in [2.75, 3.05) is 19.6 Å². The highest BCUT2D eigenvalue weighted by Crippen LogP contribution is 2.24. The molecule has 2 heterocycles. The average molecular weight is 372 g/mol. The quantitative estimate of drug-likeness (QED) is 0.813. The molecule has 1 saturated heterocycles. The number of benzene rings is 1. The third-order valence-corrected chi connectivity index (χ3v) is 5.01. The highest BCUT2D eigenvalue weighted by molar-refractivity contribution is 5.78. The van der Waals surface area contributed by atoms with E-state index in [4.69, 9.17) is 0 Å². The lowest BCUT2D eigenvalue weighted by Gasteiger charge is -2.28. The molecule has 1 atom stereocenters. The molecule has 3 rings (SSSR count). The van der Waals surface area contributed by atoms with Gasteiger partial charge in [-0.3, -0.25) is 14.5 Å². The number of H-pyrrole nitrogens is 1. The summed E-state index contributed by atoms with van der Waals surface area (Å²) in [5, 5.41) is 2.94. The van der Waals surface area contributed by atoms with Crippen LogP contribution in [0.1, 0.15) is 41.5 Å². The number of carbonyl (C=O) groups is 1. The van der Waals surface area contributed by atoms with Gasteiger partial charge in [-0.2, -0.15) is 0 Å². The molecule has 2 aromatic rings. The zero-order valence-corrected chi connectivity index (χ0v) is 15.7. The molecule has 6 nitrogen and oxygen atoms in total. The van der Waals surface area contributed by atoms with Crippen molar-refractivity contribution in [3.63, 3.8) is 0 Å². The van der Waals surface area contributed by atoms with Crippen LogP contribution in [0.3, 0.4) is 0 Å². The summed E-state index contributed by atoms with van der Waals surface area (Å²) in [6.45, 7) is 5.77. The van der Waals surface area contributed by atoms with Gasteiger partial charge in [0.05, 0.1) is 12.5 Å². The number of nitrogens with zero attached hydrogens (tertiary/aromatic N) is 2. The number of amides is 1. The van der Waals surface area contributed by atoms with Crippen molar-refractivity contribution in [1.29, 1.82) is 0 Å². The maximum atomic E-state index is 13.3. The summed E-state index contributed by atoms with van der Waals surface area (Å²) in [4.78, 5) is 33.7. The molecule has 0 bridgehead atoms. The number of aromatic nitrogens is 2. The van der Waals surface area contributed by atoms with E-state index in [-0.39, 0.29) is 29.7 Å². The van der Waals surface area contributed by atoms with Gasteiger partial charge in [0, 0.05) is 17.8 Å². The number of rotatable bonds is 6. The van der Waals surface area contributed by atoms with Crippen LogP contribution in [0.4, 0.5) is 4.39 Å². The number of carbonyl (C=O) groups excluding carboxylic acids is 1. The zero-order chi connectivity index (χ0) is 19.4. The van der Waals surface area contributed by atoms with E-state index in [1.54, 1.807) is 26.0 Å². The summed E-state index contributed by atoms with van der Waals surface area (Å²) >= 11 is 0. The van der Waals surface area contributed by atoms with Crippen LogP contribution in [0.5, 0.6) is 0 Å². The van der Waals surface area contributed by atoms with Crippen LogP contribution < -0.4 is 10.9 Å². The second kappa shape index (κ2) is 8.43. The van der Waals surface area contributed by atoms with Gasteiger partial charge in [0.15, 0.2) is 0 Å². The van der Waals surface area contributed by atoms with E-state index in [2.05, 4.69) is 20.2 Å². The number of hydrogen-bond donors (Lipinski definition) is 2. The van der Waals surface area contributed by atoms with Gasteiger partial charge in [-0.15, -0.1) is 0 Å². The summed E-state index contributed by atoms with van der Waals surface area (Å²) in [5.74, 6) is 0.0390. The fourth-order valence-corrected chi connectivity index (χ4v) is 3.59. The van der Waals surface area contributed by atoms with Crippen molar-refractivity contribution in [3.8, 4) is 0 Å². The van der Waals surface area contributed by atoms with Crippen LogP contribution >= 0.6 is 0 Å². The number of nitrogens with one attached hydrogen (secondary N) is 2. The first kappa shape index (κ1) is 19.2. The van der Waals surface area contributed by atoms with E-state index in [1.807, 2.05) is 0 Å². The Hall–Kier alpha value is -2.54. The zero-order valence-electron chi connectivity index (χ0n) is 15.7. The van der Waals surface area contributed by atoms with Crippen molar-refractivity contribution >= 4 is 5.91 Å². The van der Waals surface area contributed by atoms with Gasteiger partial charge in [-0.05, 0) is 57.5 Å². The normalized spacial score (nSPS) is 15.7. The molecular formula is C20H25FN4O2. The number of aromatic amines is 1. The topological polar surface area (TPSA) is 78.1 Å². The van der Waals surface area contributed by atoms with Gasteiger partial charge in [0.25, 0.3) is 5.56 Å². The SMILES string of the molecule is Cc1nc(C)c(CC(=O)NC[C@@H](c2ccc(F)cc2)N2CCCC2)c(=O)[nH]1. The first-order valence-corrected chi connectivity index (χ1v) is 9.26. The highest BCUT2D eigenvalue weighted by Gasteiger charge is 2.24. The van der Waals surface area contributed by atoms with E-state index in [1.165, 1.54) is 12.1 Å². The molecule has 0 saturated carbocycles. The molecule has 1 aliphatic rings. The Bertz CT molecular complexity index is 857. The van der Waals surface area contributed by atoms with Gasteiger partial charge in [-0.1, -0.05) is 12.1 Å². The Kier molecular flexibility index (Phi) is 6.01. The molecule has 144 valence electrons. The van der Waals surface area contributed by atoms with E-state index < -0.39 is 0 Å². The molecule has 2 N–H and O–H groups in total. The monoisotopic (exact) mass is 372 g/mol. The second-order valence-electron chi connectivity index (χ2n) is 7.01. The Morgan fingerprint density at radius 1 is 1.26 bits per heavy atom. The van der Waals surface area contributed by atoms with Crippen LogP contribution in [0.25, 0.3) is 0 Å².